The summed E-state index contributed by atoms with van der Waals surface area (Å²) < 4.78 is 4.78. The number of hydrogen-bond donors (Lipinski definition) is 2. The molecule has 2 N–H and O–H groups in total. The van der Waals surface area contributed by atoms with Crippen molar-refractivity contribution in [1.29, 1.82) is 0 Å². The molecule has 8 nitrogen and oxygen atoms in total. The minimum Gasteiger partial charge on any atom is -0.480 e. The number of rotatable bonds is 9. The highest BCUT2D eigenvalue weighted by Crippen LogP contribution is 2.31. The predicted octanol–water partition coefficient (Wildman–Crippen LogP) is 1.95. The van der Waals surface area contributed by atoms with Gasteiger partial charge in [-0.1, -0.05) is 11.6 Å². The first kappa shape index (κ1) is 19.2. The van der Waals surface area contributed by atoms with Gasteiger partial charge in [0.1, 0.15) is 6.04 Å². The summed E-state index contributed by atoms with van der Waals surface area (Å²) in [7, 11) is 1.43. The molecule has 0 aliphatic carbocycles. The molecule has 0 saturated carbocycles. The van der Waals surface area contributed by atoms with Gasteiger partial charge in [-0.3, -0.25) is 14.9 Å². The third-order valence-corrected chi connectivity index (χ3v) is 4.02. The molecule has 0 saturated heterocycles. The zero-order valence-corrected chi connectivity index (χ0v) is 13.7. The highest BCUT2D eigenvalue weighted by Gasteiger charge is 2.21. The summed E-state index contributed by atoms with van der Waals surface area (Å²) in [6.45, 7) is 0.188. The molecule has 1 rings (SSSR count). The molecular weight excluding hydrogens is 348 g/mol. The summed E-state index contributed by atoms with van der Waals surface area (Å²) in [6, 6.07) is 3.05. The first-order chi connectivity index (χ1) is 10.8. The van der Waals surface area contributed by atoms with Gasteiger partial charge in [-0.05, 0) is 12.1 Å². The number of aliphatic carboxylic acids is 1. The van der Waals surface area contributed by atoms with Crippen LogP contribution in [0.1, 0.15) is 6.42 Å². The second-order valence-corrected chi connectivity index (χ2v) is 5.85. The van der Waals surface area contributed by atoms with E-state index in [-0.39, 0.29) is 34.4 Å². The SMILES string of the molecule is COCCC(NC(=O)CSc1ccc(Cl)cc1[N+](=O)[O-])C(=O)O. The highest BCUT2D eigenvalue weighted by atomic mass is 35.5. The average Bonchev–Trinajstić information content (AvgIpc) is 2.49. The van der Waals surface area contributed by atoms with Crippen molar-refractivity contribution in [3.63, 3.8) is 0 Å². The lowest BCUT2D eigenvalue weighted by Gasteiger charge is -2.13. The quantitative estimate of drug-likeness (QED) is 0.391. The van der Waals surface area contributed by atoms with Crippen LogP contribution in [-0.4, -0.2) is 47.4 Å². The fourth-order valence-corrected chi connectivity index (χ4v) is 2.61. The third kappa shape index (κ3) is 6.43. The van der Waals surface area contributed by atoms with Crippen LogP contribution in [0.4, 0.5) is 5.69 Å². The Labute approximate surface area is 141 Å². The Morgan fingerprint density at radius 1 is 1.52 bits per heavy atom. The number of nitrogens with one attached hydrogen (secondary N) is 1. The molecule has 1 unspecified atom stereocenters. The Morgan fingerprint density at radius 3 is 2.78 bits per heavy atom. The number of carboxylic acids is 1. The molecule has 0 heterocycles. The van der Waals surface area contributed by atoms with Crippen molar-refractivity contribution in [1.82, 2.24) is 5.32 Å². The Bertz CT molecular complexity index is 598. The Morgan fingerprint density at radius 2 is 2.22 bits per heavy atom. The number of nitro benzene ring substituents is 1. The van der Waals surface area contributed by atoms with E-state index in [0.29, 0.717) is 0 Å². The largest absolute Gasteiger partial charge is 0.480 e. The van der Waals surface area contributed by atoms with Gasteiger partial charge >= 0.3 is 5.97 Å². The predicted molar refractivity (Wildman–Crippen MR) is 84.9 cm³/mol. The van der Waals surface area contributed by atoms with E-state index in [1.807, 2.05) is 0 Å². The van der Waals surface area contributed by atoms with Gasteiger partial charge in [0.2, 0.25) is 5.91 Å². The lowest BCUT2D eigenvalue weighted by molar-refractivity contribution is -0.387. The first-order valence-electron chi connectivity index (χ1n) is 6.43. The summed E-state index contributed by atoms with van der Waals surface area (Å²) in [5.41, 5.74) is -0.204. The van der Waals surface area contributed by atoms with Gasteiger partial charge in [0.25, 0.3) is 5.69 Å². The zero-order chi connectivity index (χ0) is 17.4. The summed E-state index contributed by atoms with van der Waals surface area (Å²) in [6.07, 6.45) is 0.128. The Hall–Kier alpha value is -1.84. The number of halogens is 1. The van der Waals surface area contributed by atoms with Crippen LogP contribution in [0.2, 0.25) is 5.02 Å². The highest BCUT2D eigenvalue weighted by molar-refractivity contribution is 8.00. The van der Waals surface area contributed by atoms with E-state index in [2.05, 4.69) is 5.32 Å². The molecule has 1 amide bonds. The van der Waals surface area contributed by atoms with Crippen molar-refractivity contribution in [2.24, 2.45) is 0 Å². The van der Waals surface area contributed by atoms with Gasteiger partial charge in [-0.2, -0.15) is 0 Å². The van der Waals surface area contributed by atoms with Crippen LogP contribution in [0.5, 0.6) is 0 Å². The molecule has 0 spiro atoms. The summed E-state index contributed by atoms with van der Waals surface area (Å²) in [4.78, 5) is 33.5. The van der Waals surface area contributed by atoms with Crippen LogP contribution in [0.25, 0.3) is 0 Å². The molecule has 23 heavy (non-hydrogen) atoms. The summed E-state index contributed by atoms with van der Waals surface area (Å²) in [5.74, 6) is -1.86. The third-order valence-electron chi connectivity index (χ3n) is 2.72. The molecule has 0 bridgehead atoms. The van der Waals surface area contributed by atoms with Crippen molar-refractivity contribution >= 4 is 40.9 Å². The molecule has 0 aliphatic rings. The van der Waals surface area contributed by atoms with Crippen molar-refractivity contribution in [2.45, 2.75) is 17.4 Å². The lowest BCUT2D eigenvalue weighted by Crippen LogP contribution is -2.42. The Balaban J connectivity index is 2.65. The van der Waals surface area contributed by atoms with E-state index < -0.39 is 22.8 Å². The van der Waals surface area contributed by atoms with Crippen LogP contribution in [-0.2, 0) is 14.3 Å². The van der Waals surface area contributed by atoms with Gasteiger partial charge in [0.15, 0.2) is 0 Å². The molecule has 1 aromatic rings. The topological polar surface area (TPSA) is 119 Å². The molecule has 1 aromatic carbocycles. The number of hydrogen-bond acceptors (Lipinski definition) is 6. The fourth-order valence-electron chi connectivity index (χ4n) is 1.63. The van der Waals surface area contributed by atoms with E-state index in [0.717, 1.165) is 11.8 Å². The summed E-state index contributed by atoms with van der Waals surface area (Å²) in [5, 5.41) is 22.5. The maximum Gasteiger partial charge on any atom is 0.326 e. The number of nitrogens with zero attached hydrogens (tertiary/aromatic N) is 1. The average molecular weight is 363 g/mol. The van der Waals surface area contributed by atoms with Crippen molar-refractivity contribution in [3.05, 3.63) is 33.3 Å². The molecule has 10 heteroatoms. The van der Waals surface area contributed by atoms with Crippen molar-refractivity contribution < 1.29 is 24.4 Å². The van der Waals surface area contributed by atoms with Crippen LogP contribution >= 0.6 is 23.4 Å². The van der Waals surface area contributed by atoms with Crippen LogP contribution < -0.4 is 5.32 Å². The minimum absolute atomic E-state index is 0.128. The number of carbonyl (C=O) groups is 2. The van der Waals surface area contributed by atoms with Gasteiger partial charge < -0.3 is 15.2 Å². The fraction of sp³-hybridized carbons (Fsp3) is 0.385. The number of ether oxygens (including phenoxy) is 1. The number of amides is 1. The van der Waals surface area contributed by atoms with Gasteiger partial charge in [-0.25, -0.2) is 4.79 Å². The van der Waals surface area contributed by atoms with E-state index in [9.17, 15) is 19.7 Å². The van der Waals surface area contributed by atoms with E-state index >= 15 is 0 Å². The number of thioether (sulfide) groups is 1. The molecule has 0 radical (unpaired) electrons. The van der Waals surface area contributed by atoms with Gasteiger partial charge in [0.05, 0.1) is 15.6 Å². The standard InChI is InChI=1S/C13H15ClN2O6S/c1-22-5-4-9(13(18)19)15-12(17)7-23-11-3-2-8(14)6-10(11)16(20)21/h2-3,6,9H,4-5,7H2,1H3,(H,15,17)(H,18,19). The van der Waals surface area contributed by atoms with Gasteiger partial charge in [0, 0.05) is 31.2 Å². The van der Waals surface area contributed by atoms with Crippen LogP contribution in [0.15, 0.2) is 23.1 Å². The molecule has 1 atom stereocenters. The van der Waals surface area contributed by atoms with E-state index in [4.69, 9.17) is 21.4 Å². The number of benzene rings is 1. The smallest absolute Gasteiger partial charge is 0.326 e. The Kier molecular flexibility index (Phi) is 7.79. The van der Waals surface area contributed by atoms with Crippen molar-refractivity contribution in [3.8, 4) is 0 Å². The van der Waals surface area contributed by atoms with Gasteiger partial charge in [-0.15, -0.1) is 11.8 Å². The molecule has 0 aliphatic heterocycles. The second-order valence-electron chi connectivity index (χ2n) is 4.40. The lowest BCUT2D eigenvalue weighted by atomic mass is 10.2. The van der Waals surface area contributed by atoms with Crippen LogP contribution in [0.3, 0.4) is 0 Å². The summed E-state index contributed by atoms with van der Waals surface area (Å²) >= 11 is 6.64. The zero-order valence-electron chi connectivity index (χ0n) is 12.2. The minimum atomic E-state index is -1.17. The number of carboxylic acid groups (broad SMARTS) is 1. The number of nitro groups is 1. The second kappa shape index (κ2) is 9.33. The maximum atomic E-state index is 11.8. The molecule has 126 valence electrons. The van der Waals surface area contributed by atoms with Crippen LogP contribution in [0, 0.1) is 10.1 Å². The van der Waals surface area contributed by atoms with E-state index in [1.54, 1.807) is 0 Å². The number of carbonyl (C=O) groups excluding carboxylic acids is 1. The normalized spacial score (nSPS) is 11.7. The number of methoxy groups -OCH3 is 1. The first-order valence-corrected chi connectivity index (χ1v) is 7.79. The molecular formula is C13H15ClN2O6S. The van der Waals surface area contributed by atoms with E-state index in [1.165, 1.54) is 25.3 Å². The molecule has 0 fully saturated rings. The maximum absolute atomic E-state index is 11.8. The van der Waals surface area contributed by atoms with Crippen molar-refractivity contribution in [2.75, 3.05) is 19.5 Å². The molecule has 0 aromatic heterocycles. The monoisotopic (exact) mass is 362 g/mol.